The SMILES string of the molecule is N[C@@H](C(=O)O)c1cc(C(F)(F)F)ccc1Cl. The molecule has 0 saturated heterocycles. The van der Waals surface area contributed by atoms with E-state index in [2.05, 4.69) is 0 Å². The summed E-state index contributed by atoms with van der Waals surface area (Å²) in [6.07, 6.45) is -4.56. The van der Waals surface area contributed by atoms with Crippen molar-refractivity contribution in [2.45, 2.75) is 12.2 Å². The van der Waals surface area contributed by atoms with E-state index in [1.54, 1.807) is 0 Å². The van der Waals surface area contributed by atoms with Gasteiger partial charge in [-0.05, 0) is 23.8 Å². The van der Waals surface area contributed by atoms with Gasteiger partial charge >= 0.3 is 12.1 Å². The van der Waals surface area contributed by atoms with Crippen molar-refractivity contribution < 1.29 is 23.1 Å². The quantitative estimate of drug-likeness (QED) is 0.851. The lowest BCUT2D eigenvalue weighted by atomic mass is 10.0. The van der Waals surface area contributed by atoms with Gasteiger partial charge in [0.1, 0.15) is 6.04 Å². The summed E-state index contributed by atoms with van der Waals surface area (Å²) in [7, 11) is 0. The molecule has 0 saturated carbocycles. The highest BCUT2D eigenvalue weighted by atomic mass is 35.5. The maximum absolute atomic E-state index is 12.3. The van der Waals surface area contributed by atoms with Crippen molar-refractivity contribution >= 4 is 17.6 Å². The molecule has 1 atom stereocenters. The fraction of sp³-hybridized carbons (Fsp3) is 0.222. The molecule has 1 aromatic carbocycles. The molecule has 0 aliphatic carbocycles. The molecule has 0 unspecified atom stereocenters. The summed E-state index contributed by atoms with van der Waals surface area (Å²) < 4.78 is 37.0. The summed E-state index contributed by atoms with van der Waals surface area (Å²) in [6.45, 7) is 0. The number of carboxylic acid groups (broad SMARTS) is 1. The van der Waals surface area contributed by atoms with E-state index in [1.807, 2.05) is 0 Å². The van der Waals surface area contributed by atoms with Crippen LogP contribution in [0, 0.1) is 0 Å². The van der Waals surface area contributed by atoms with Gasteiger partial charge in [-0.15, -0.1) is 0 Å². The lowest BCUT2D eigenvalue weighted by Gasteiger charge is -2.12. The molecule has 1 rings (SSSR count). The van der Waals surface area contributed by atoms with E-state index in [1.165, 1.54) is 0 Å². The van der Waals surface area contributed by atoms with Crippen LogP contribution < -0.4 is 5.73 Å². The molecule has 16 heavy (non-hydrogen) atoms. The van der Waals surface area contributed by atoms with Crippen LogP contribution in [0.25, 0.3) is 0 Å². The molecule has 0 aliphatic rings. The van der Waals surface area contributed by atoms with Crippen molar-refractivity contribution in [1.29, 1.82) is 0 Å². The average Bonchev–Trinajstić information content (AvgIpc) is 2.15. The van der Waals surface area contributed by atoms with E-state index < -0.39 is 23.8 Å². The zero-order valence-corrected chi connectivity index (χ0v) is 8.51. The van der Waals surface area contributed by atoms with Crippen molar-refractivity contribution in [1.82, 2.24) is 0 Å². The van der Waals surface area contributed by atoms with Crippen LogP contribution in [0.4, 0.5) is 13.2 Å². The van der Waals surface area contributed by atoms with Gasteiger partial charge in [-0.1, -0.05) is 11.6 Å². The van der Waals surface area contributed by atoms with Crippen LogP contribution in [0.1, 0.15) is 17.2 Å². The lowest BCUT2D eigenvalue weighted by molar-refractivity contribution is -0.140. The fourth-order valence-electron chi connectivity index (χ4n) is 1.09. The molecule has 3 N–H and O–H groups in total. The highest BCUT2D eigenvalue weighted by Gasteiger charge is 2.32. The van der Waals surface area contributed by atoms with Gasteiger partial charge in [0.05, 0.1) is 5.56 Å². The van der Waals surface area contributed by atoms with Crippen molar-refractivity contribution in [2.75, 3.05) is 0 Å². The molecule has 3 nitrogen and oxygen atoms in total. The normalized spacial score (nSPS) is 13.6. The summed E-state index contributed by atoms with van der Waals surface area (Å²) in [6, 6.07) is 0.805. The number of alkyl halides is 3. The standard InChI is InChI=1S/C9H7ClF3NO2/c10-6-2-1-4(9(11,12)13)3-5(6)7(14)8(15)16/h1-3,7H,14H2,(H,15,16)/t7-/m1/s1. The lowest BCUT2D eigenvalue weighted by Crippen LogP contribution is -2.21. The Kier molecular flexibility index (Phi) is 3.44. The zero-order valence-electron chi connectivity index (χ0n) is 7.75. The van der Waals surface area contributed by atoms with Crippen LogP contribution in [-0.2, 0) is 11.0 Å². The number of hydrogen-bond acceptors (Lipinski definition) is 2. The molecular formula is C9H7ClF3NO2. The van der Waals surface area contributed by atoms with Gasteiger partial charge in [0.15, 0.2) is 0 Å². The Morgan fingerprint density at radius 3 is 2.44 bits per heavy atom. The summed E-state index contributed by atoms with van der Waals surface area (Å²) >= 11 is 5.57. The molecule has 0 bridgehead atoms. The van der Waals surface area contributed by atoms with E-state index in [4.69, 9.17) is 22.4 Å². The number of hydrogen-bond donors (Lipinski definition) is 2. The minimum absolute atomic E-state index is 0.108. The third-order valence-electron chi connectivity index (χ3n) is 1.92. The smallest absolute Gasteiger partial charge is 0.416 e. The Balaban J connectivity index is 3.24. The van der Waals surface area contributed by atoms with Gasteiger partial charge in [-0.3, -0.25) is 4.79 Å². The Morgan fingerprint density at radius 1 is 1.44 bits per heavy atom. The van der Waals surface area contributed by atoms with Gasteiger partial charge in [-0.2, -0.15) is 13.2 Å². The highest BCUT2D eigenvalue weighted by molar-refractivity contribution is 6.31. The zero-order chi connectivity index (χ0) is 12.5. The summed E-state index contributed by atoms with van der Waals surface area (Å²) in [5, 5.41) is 8.48. The van der Waals surface area contributed by atoms with Crippen molar-refractivity contribution in [3.63, 3.8) is 0 Å². The minimum Gasteiger partial charge on any atom is -0.480 e. The number of halogens is 4. The number of aliphatic carboxylic acids is 1. The second-order valence-electron chi connectivity index (χ2n) is 3.05. The van der Waals surface area contributed by atoms with Gasteiger partial charge in [0.25, 0.3) is 0 Å². The van der Waals surface area contributed by atoms with Crippen molar-refractivity contribution in [2.24, 2.45) is 5.73 Å². The topological polar surface area (TPSA) is 63.3 Å². The summed E-state index contributed by atoms with van der Waals surface area (Å²) in [4.78, 5) is 10.5. The Morgan fingerprint density at radius 2 is 2.00 bits per heavy atom. The first-order valence-corrected chi connectivity index (χ1v) is 4.46. The number of carboxylic acids is 1. The summed E-state index contributed by atoms with van der Waals surface area (Å²) in [5.41, 5.74) is 3.96. The largest absolute Gasteiger partial charge is 0.480 e. The third kappa shape index (κ3) is 2.65. The molecule has 0 aliphatic heterocycles. The van der Waals surface area contributed by atoms with Crippen molar-refractivity contribution in [3.8, 4) is 0 Å². The second kappa shape index (κ2) is 4.31. The molecule has 0 heterocycles. The Bertz CT molecular complexity index is 420. The fourth-order valence-corrected chi connectivity index (χ4v) is 1.33. The predicted octanol–water partition coefficient (Wildman–Crippen LogP) is 2.44. The molecule has 1 aromatic rings. The molecule has 0 fully saturated rings. The number of rotatable bonds is 2. The van der Waals surface area contributed by atoms with Gasteiger partial charge < -0.3 is 10.8 Å². The van der Waals surface area contributed by atoms with Gasteiger partial charge in [0, 0.05) is 5.02 Å². The van der Waals surface area contributed by atoms with Crippen LogP contribution in [0.2, 0.25) is 5.02 Å². The van der Waals surface area contributed by atoms with E-state index in [0.29, 0.717) is 6.07 Å². The van der Waals surface area contributed by atoms with Crippen LogP contribution in [0.3, 0.4) is 0 Å². The van der Waals surface area contributed by atoms with Gasteiger partial charge in [-0.25, -0.2) is 0 Å². The molecule has 0 amide bonds. The third-order valence-corrected chi connectivity index (χ3v) is 2.27. The molecule has 0 radical (unpaired) electrons. The monoisotopic (exact) mass is 253 g/mol. The molecule has 7 heteroatoms. The van der Waals surface area contributed by atoms with Gasteiger partial charge in [0.2, 0.25) is 0 Å². The summed E-state index contributed by atoms with van der Waals surface area (Å²) in [5.74, 6) is -1.44. The molecule has 0 spiro atoms. The van der Waals surface area contributed by atoms with Crippen LogP contribution >= 0.6 is 11.6 Å². The van der Waals surface area contributed by atoms with E-state index in [0.717, 1.165) is 12.1 Å². The molecular weight excluding hydrogens is 247 g/mol. The minimum atomic E-state index is -4.56. The van der Waals surface area contributed by atoms with Crippen LogP contribution in [-0.4, -0.2) is 11.1 Å². The number of carbonyl (C=O) groups is 1. The van der Waals surface area contributed by atoms with Crippen LogP contribution in [0.5, 0.6) is 0 Å². The maximum Gasteiger partial charge on any atom is 0.416 e. The number of benzene rings is 1. The predicted molar refractivity (Wildman–Crippen MR) is 51.0 cm³/mol. The molecule has 0 aromatic heterocycles. The van der Waals surface area contributed by atoms with E-state index in [-0.39, 0.29) is 10.6 Å². The number of nitrogens with two attached hydrogens (primary N) is 1. The first kappa shape index (κ1) is 12.8. The first-order valence-electron chi connectivity index (χ1n) is 4.08. The average molecular weight is 254 g/mol. The first-order chi connectivity index (χ1) is 7.23. The maximum atomic E-state index is 12.3. The van der Waals surface area contributed by atoms with Crippen molar-refractivity contribution in [3.05, 3.63) is 34.3 Å². The highest BCUT2D eigenvalue weighted by Crippen LogP contribution is 2.33. The molecule has 88 valence electrons. The van der Waals surface area contributed by atoms with Crippen LogP contribution in [0.15, 0.2) is 18.2 Å². The Labute approximate surface area is 93.6 Å². The van der Waals surface area contributed by atoms with E-state index in [9.17, 15) is 18.0 Å². The van der Waals surface area contributed by atoms with E-state index >= 15 is 0 Å². The Hall–Kier alpha value is -1.27. The second-order valence-corrected chi connectivity index (χ2v) is 3.46.